The molecule has 0 aromatic heterocycles. The molecule has 0 unspecified atom stereocenters. The molecule has 1 aromatic carbocycles. The molecule has 0 radical (unpaired) electrons. The van der Waals surface area contributed by atoms with E-state index in [4.69, 9.17) is 17.3 Å². The smallest absolute Gasteiger partial charge is 0.253 e. The molecule has 1 fully saturated rings. The van der Waals surface area contributed by atoms with Gasteiger partial charge in [-0.3, -0.25) is 4.79 Å². The van der Waals surface area contributed by atoms with Crippen molar-refractivity contribution < 1.29 is 4.79 Å². The molecule has 1 amide bonds. The minimum atomic E-state index is 0.0480. The van der Waals surface area contributed by atoms with E-state index in [0.717, 1.165) is 19.4 Å². The van der Waals surface area contributed by atoms with Crippen LogP contribution in [0.2, 0.25) is 5.02 Å². The van der Waals surface area contributed by atoms with E-state index >= 15 is 0 Å². The third-order valence-electron chi connectivity index (χ3n) is 2.84. The molecule has 1 aliphatic heterocycles. The van der Waals surface area contributed by atoms with Crippen LogP contribution in [0.15, 0.2) is 24.3 Å². The molecule has 4 heteroatoms. The SMILES string of the molecule is N[C@H]1CCCN(C(=O)c2ccc(Cl)cc2)C1. The maximum absolute atomic E-state index is 12.1. The summed E-state index contributed by atoms with van der Waals surface area (Å²) in [6.45, 7) is 1.45. The van der Waals surface area contributed by atoms with Gasteiger partial charge in [0.2, 0.25) is 0 Å². The van der Waals surface area contributed by atoms with E-state index in [0.29, 0.717) is 17.1 Å². The maximum atomic E-state index is 12.1. The first-order valence-electron chi connectivity index (χ1n) is 5.47. The average molecular weight is 239 g/mol. The van der Waals surface area contributed by atoms with Crippen LogP contribution < -0.4 is 5.73 Å². The van der Waals surface area contributed by atoms with Gasteiger partial charge in [0.1, 0.15) is 0 Å². The normalized spacial score (nSPS) is 20.9. The topological polar surface area (TPSA) is 46.3 Å². The second kappa shape index (κ2) is 4.85. The monoisotopic (exact) mass is 238 g/mol. The first kappa shape index (κ1) is 11.4. The summed E-state index contributed by atoms with van der Waals surface area (Å²) in [6, 6.07) is 7.09. The summed E-state index contributed by atoms with van der Waals surface area (Å²) in [5.41, 5.74) is 6.53. The van der Waals surface area contributed by atoms with Crippen LogP contribution in [0.3, 0.4) is 0 Å². The molecule has 3 nitrogen and oxygen atoms in total. The van der Waals surface area contributed by atoms with E-state index in [-0.39, 0.29) is 11.9 Å². The summed E-state index contributed by atoms with van der Waals surface area (Å²) < 4.78 is 0. The molecule has 16 heavy (non-hydrogen) atoms. The van der Waals surface area contributed by atoms with Gasteiger partial charge in [-0.15, -0.1) is 0 Å². The summed E-state index contributed by atoms with van der Waals surface area (Å²) in [6.07, 6.45) is 1.99. The number of hydrogen-bond donors (Lipinski definition) is 1. The molecule has 0 saturated carbocycles. The Kier molecular flexibility index (Phi) is 3.46. The quantitative estimate of drug-likeness (QED) is 0.812. The number of likely N-dealkylation sites (tertiary alicyclic amines) is 1. The van der Waals surface area contributed by atoms with E-state index in [1.165, 1.54) is 0 Å². The number of hydrogen-bond acceptors (Lipinski definition) is 2. The highest BCUT2D eigenvalue weighted by molar-refractivity contribution is 6.30. The van der Waals surface area contributed by atoms with Gasteiger partial charge in [0.25, 0.3) is 5.91 Å². The van der Waals surface area contributed by atoms with Gasteiger partial charge in [-0.1, -0.05) is 11.6 Å². The summed E-state index contributed by atoms with van der Waals surface area (Å²) >= 11 is 5.78. The zero-order valence-corrected chi connectivity index (χ0v) is 9.78. The molecule has 1 aromatic rings. The van der Waals surface area contributed by atoms with Crippen LogP contribution in [0.5, 0.6) is 0 Å². The molecule has 0 bridgehead atoms. The van der Waals surface area contributed by atoms with Crippen LogP contribution >= 0.6 is 11.6 Å². The number of benzene rings is 1. The fraction of sp³-hybridized carbons (Fsp3) is 0.417. The van der Waals surface area contributed by atoms with Crippen molar-refractivity contribution in [3.63, 3.8) is 0 Å². The Balaban J connectivity index is 2.09. The van der Waals surface area contributed by atoms with E-state index < -0.39 is 0 Å². The Bertz CT molecular complexity index is 377. The Morgan fingerprint density at radius 1 is 1.38 bits per heavy atom. The number of rotatable bonds is 1. The van der Waals surface area contributed by atoms with Crippen molar-refractivity contribution in [1.29, 1.82) is 0 Å². The molecule has 2 rings (SSSR count). The number of carbonyl (C=O) groups excluding carboxylic acids is 1. The number of nitrogens with two attached hydrogens (primary N) is 1. The number of piperidine rings is 1. The predicted octanol–water partition coefficient (Wildman–Crippen LogP) is 1.90. The molecule has 0 spiro atoms. The van der Waals surface area contributed by atoms with Crippen molar-refractivity contribution in [2.75, 3.05) is 13.1 Å². The zero-order valence-electron chi connectivity index (χ0n) is 9.03. The highest BCUT2D eigenvalue weighted by Gasteiger charge is 2.21. The van der Waals surface area contributed by atoms with Gasteiger partial charge in [0.05, 0.1) is 0 Å². The zero-order chi connectivity index (χ0) is 11.5. The van der Waals surface area contributed by atoms with E-state index in [1.54, 1.807) is 24.3 Å². The Hall–Kier alpha value is -1.06. The second-order valence-electron chi connectivity index (χ2n) is 4.16. The Labute approximate surface area is 100 Å². The van der Waals surface area contributed by atoms with E-state index in [1.807, 2.05) is 4.90 Å². The van der Waals surface area contributed by atoms with Crippen molar-refractivity contribution in [2.24, 2.45) is 5.73 Å². The van der Waals surface area contributed by atoms with Gasteiger partial charge in [-0.25, -0.2) is 0 Å². The van der Waals surface area contributed by atoms with Crippen LogP contribution in [-0.4, -0.2) is 29.9 Å². The van der Waals surface area contributed by atoms with Crippen LogP contribution in [0.4, 0.5) is 0 Å². The first-order valence-corrected chi connectivity index (χ1v) is 5.85. The van der Waals surface area contributed by atoms with E-state index in [2.05, 4.69) is 0 Å². The predicted molar refractivity (Wildman–Crippen MR) is 64.6 cm³/mol. The second-order valence-corrected chi connectivity index (χ2v) is 4.60. The minimum absolute atomic E-state index is 0.0480. The summed E-state index contributed by atoms with van der Waals surface area (Å²) in [5.74, 6) is 0.0480. The van der Waals surface area contributed by atoms with Crippen molar-refractivity contribution in [3.05, 3.63) is 34.9 Å². The van der Waals surface area contributed by atoms with Crippen LogP contribution in [0, 0.1) is 0 Å². The van der Waals surface area contributed by atoms with Gasteiger partial charge in [-0.2, -0.15) is 0 Å². The lowest BCUT2D eigenvalue weighted by Crippen LogP contribution is -2.45. The average Bonchev–Trinajstić information content (AvgIpc) is 2.29. The third-order valence-corrected chi connectivity index (χ3v) is 3.09. The van der Waals surface area contributed by atoms with E-state index in [9.17, 15) is 4.79 Å². The lowest BCUT2D eigenvalue weighted by molar-refractivity contribution is 0.0709. The first-order chi connectivity index (χ1) is 7.66. The summed E-state index contributed by atoms with van der Waals surface area (Å²) in [4.78, 5) is 13.9. The molecule has 1 aliphatic rings. The molecule has 1 heterocycles. The number of carbonyl (C=O) groups is 1. The van der Waals surface area contributed by atoms with Gasteiger partial charge in [0, 0.05) is 29.7 Å². The number of halogens is 1. The molecular formula is C12H15ClN2O. The molecule has 86 valence electrons. The van der Waals surface area contributed by atoms with Crippen molar-refractivity contribution >= 4 is 17.5 Å². The van der Waals surface area contributed by atoms with Crippen molar-refractivity contribution in [1.82, 2.24) is 4.90 Å². The minimum Gasteiger partial charge on any atom is -0.337 e. The molecule has 1 atom stereocenters. The Morgan fingerprint density at radius 2 is 2.06 bits per heavy atom. The van der Waals surface area contributed by atoms with Crippen LogP contribution in [-0.2, 0) is 0 Å². The fourth-order valence-corrected chi connectivity index (χ4v) is 2.10. The fourth-order valence-electron chi connectivity index (χ4n) is 1.97. The van der Waals surface area contributed by atoms with Gasteiger partial charge >= 0.3 is 0 Å². The van der Waals surface area contributed by atoms with Crippen LogP contribution in [0.25, 0.3) is 0 Å². The summed E-state index contributed by atoms with van der Waals surface area (Å²) in [7, 11) is 0. The third kappa shape index (κ3) is 2.54. The summed E-state index contributed by atoms with van der Waals surface area (Å²) in [5, 5.41) is 0.645. The van der Waals surface area contributed by atoms with Crippen molar-refractivity contribution in [3.8, 4) is 0 Å². The van der Waals surface area contributed by atoms with Gasteiger partial charge in [0.15, 0.2) is 0 Å². The highest BCUT2D eigenvalue weighted by atomic mass is 35.5. The molecular weight excluding hydrogens is 224 g/mol. The molecule has 0 aliphatic carbocycles. The lowest BCUT2D eigenvalue weighted by Gasteiger charge is -2.30. The lowest BCUT2D eigenvalue weighted by atomic mass is 10.1. The van der Waals surface area contributed by atoms with Crippen LogP contribution in [0.1, 0.15) is 23.2 Å². The van der Waals surface area contributed by atoms with Gasteiger partial charge < -0.3 is 10.6 Å². The number of nitrogens with zero attached hydrogens (tertiary/aromatic N) is 1. The maximum Gasteiger partial charge on any atom is 0.253 e. The molecule has 2 N–H and O–H groups in total. The van der Waals surface area contributed by atoms with Crippen molar-refractivity contribution in [2.45, 2.75) is 18.9 Å². The Morgan fingerprint density at radius 3 is 2.69 bits per heavy atom. The molecule has 1 saturated heterocycles. The largest absolute Gasteiger partial charge is 0.337 e. The number of amides is 1. The highest BCUT2D eigenvalue weighted by Crippen LogP contribution is 2.15. The standard InChI is InChI=1S/C12H15ClN2O/c13-10-5-3-9(4-6-10)12(16)15-7-1-2-11(14)8-15/h3-6,11H,1-2,7-8,14H2/t11-/m0/s1. The van der Waals surface area contributed by atoms with Gasteiger partial charge in [-0.05, 0) is 37.1 Å².